The third-order valence-electron chi connectivity index (χ3n) is 7.78. The van der Waals surface area contributed by atoms with Gasteiger partial charge in [0.2, 0.25) is 5.91 Å². The molecule has 2 N–H and O–H groups in total. The third-order valence-corrected chi connectivity index (χ3v) is 9.96. The van der Waals surface area contributed by atoms with Crippen LogP contribution in [0.5, 0.6) is 5.75 Å². The van der Waals surface area contributed by atoms with Gasteiger partial charge in [-0.25, -0.2) is 4.98 Å². The van der Waals surface area contributed by atoms with E-state index in [9.17, 15) is 14.4 Å². The van der Waals surface area contributed by atoms with Gasteiger partial charge in [0.25, 0.3) is 11.8 Å². The number of aromatic nitrogens is 1. The Bertz CT molecular complexity index is 1470. The molecule has 0 aliphatic carbocycles. The predicted octanol–water partition coefficient (Wildman–Crippen LogP) is 6.18. The number of benzene rings is 2. The maximum atomic E-state index is 13.4. The maximum absolute atomic E-state index is 13.4. The third kappa shape index (κ3) is 8.36. The first-order valence-electron chi connectivity index (χ1n) is 14.4. The van der Waals surface area contributed by atoms with E-state index in [-0.39, 0.29) is 26.0 Å². The number of ether oxygens (including phenoxy) is 1. The van der Waals surface area contributed by atoms with Crippen LogP contribution in [-0.2, 0) is 11.3 Å². The van der Waals surface area contributed by atoms with E-state index >= 15 is 0 Å². The molecule has 11 heteroatoms. The van der Waals surface area contributed by atoms with Gasteiger partial charge >= 0.3 is 0 Å². The highest BCUT2D eigenvalue weighted by Gasteiger charge is 2.26. The molecule has 1 unspecified atom stereocenters. The zero-order chi connectivity index (χ0) is 31.3. The standard InChI is InChI=1S/C32H41N5O4S2.2H2/c1-20-16-26(41-7)25(30(40)37-14-12-36(13-15-37)22(3)38)17-27(20)42-28-19-34-31(43-28)35-29(39)24-10-8-23(9-11-24)18-33-21(2)32(4,5)6;;/h8-11,16-17,19,21,33H,12-15,18H2,1-7H3,(H,34,35,39);2*1H. The second-order valence-electron chi connectivity index (χ2n) is 11.8. The molecule has 1 aliphatic rings. The summed E-state index contributed by atoms with van der Waals surface area (Å²) in [7, 11) is 1.56. The monoisotopic (exact) mass is 627 g/mol. The number of nitrogens with zero attached hydrogens (tertiary/aromatic N) is 3. The number of piperazine rings is 1. The molecule has 1 saturated heterocycles. The van der Waals surface area contributed by atoms with Crippen LogP contribution in [-0.4, -0.2) is 71.8 Å². The topological polar surface area (TPSA) is 104 Å². The Labute approximate surface area is 265 Å². The van der Waals surface area contributed by atoms with Crippen LogP contribution >= 0.6 is 23.1 Å². The van der Waals surface area contributed by atoms with Crippen LogP contribution in [0.15, 0.2) is 51.7 Å². The van der Waals surface area contributed by atoms with Gasteiger partial charge in [-0.05, 0) is 54.7 Å². The minimum Gasteiger partial charge on any atom is -0.496 e. The minimum absolute atomic E-state index is 0. The number of anilines is 1. The van der Waals surface area contributed by atoms with E-state index in [0.29, 0.717) is 54.2 Å². The Balaban J connectivity index is 0.00000353. The van der Waals surface area contributed by atoms with E-state index in [1.165, 1.54) is 23.1 Å². The molecule has 4 rings (SSSR count). The second-order valence-corrected chi connectivity index (χ2v) is 14.2. The fraction of sp³-hybridized carbons (Fsp3) is 0.438. The van der Waals surface area contributed by atoms with Crippen LogP contribution in [0, 0.1) is 12.3 Å². The fourth-order valence-electron chi connectivity index (χ4n) is 4.50. The van der Waals surface area contributed by atoms with E-state index in [0.717, 1.165) is 26.8 Å². The van der Waals surface area contributed by atoms with Crippen molar-refractivity contribution in [3.8, 4) is 5.75 Å². The average Bonchev–Trinajstić information content (AvgIpc) is 3.42. The van der Waals surface area contributed by atoms with E-state index in [2.05, 4.69) is 43.3 Å². The van der Waals surface area contributed by atoms with Crippen molar-refractivity contribution in [1.29, 1.82) is 0 Å². The summed E-state index contributed by atoms with van der Waals surface area (Å²) < 4.78 is 6.44. The van der Waals surface area contributed by atoms with Gasteiger partial charge in [-0.1, -0.05) is 56.0 Å². The van der Waals surface area contributed by atoms with Crippen LogP contribution in [0.25, 0.3) is 0 Å². The summed E-state index contributed by atoms with van der Waals surface area (Å²) in [6, 6.07) is 11.7. The number of rotatable bonds is 9. The first kappa shape index (κ1) is 32.5. The van der Waals surface area contributed by atoms with Crippen LogP contribution in [0.1, 0.15) is 69.3 Å². The summed E-state index contributed by atoms with van der Waals surface area (Å²) >= 11 is 2.87. The van der Waals surface area contributed by atoms with Gasteiger partial charge in [0, 0.05) is 59.0 Å². The normalized spacial score (nSPS) is 14.4. The zero-order valence-corrected chi connectivity index (χ0v) is 27.6. The summed E-state index contributed by atoms with van der Waals surface area (Å²) in [6.07, 6.45) is 1.72. The molecule has 234 valence electrons. The first-order chi connectivity index (χ1) is 20.3. The second kappa shape index (κ2) is 13.9. The number of methoxy groups -OCH3 is 1. The lowest BCUT2D eigenvalue weighted by atomic mass is 9.88. The number of carbonyl (C=O) groups excluding carboxylic acids is 3. The van der Waals surface area contributed by atoms with Crippen LogP contribution in [0.3, 0.4) is 0 Å². The summed E-state index contributed by atoms with van der Waals surface area (Å²) in [5.41, 5.74) is 3.30. The SMILES string of the molecule is COc1cc(C)c(Sc2cnc(NC(=O)c3ccc(CNC(C)C(C)(C)C)cc3)s2)cc1C(=O)N1CCN(C(C)=O)CC1.[HH].[HH]. The van der Waals surface area contributed by atoms with Crippen molar-refractivity contribution >= 4 is 46.0 Å². The Kier molecular flexibility index (Phi) is 10.5. The summed E-state index contributed by atoms with van der Waals surface area (Å²) in [5, 5.41) is 6.94. The van der Waals surface area contributed by atoms with Crippen molar-refractivity contribution in [2.24, 2.45) is 5.41 Å². The molecular formula is C32H45N5O4S2. The van der Waals surface area contributed by atoms with Gasteiger partial charge in [-0.3, -0.25) is 19.7 Å². The number of carbonyl (C=O) groups is 3. The Morgan fingerprint density at radius 1 is 1.09 bits per heavy atom. The van der Waals surface area contributed by atoms with Crippen molar-refractivity contribution in [3.05, 3.63) is 64.8 Å². The molecule has 1 aromatic heterocycles. The lowest BCUT2D eigenvalue weighted by Crippen LogP contribution is -2.50. The van der Waals surface area contributed by atoms with Crippen molar-refractivity contribution in [2.75, 3.05) is 38.6 Å². The first-order valence-corrected chi connectivity index (χ1v) is 16.0. The van der Waals surface area contributed by atoms with E-state index < -0.39 is 0 Å². The smallest absolute Gasteiger partial charge is 0.257 e. The van der Waals surface area contributed by atoms with Gasteiger partial charge in [0.1, 0.15) is 5.75 Å². The molecule has 0 bridgehead atoms. The Morgan fingerprint density at radius 3 is 2.35 bits per heavy atom. The molecule has 3 aromatic rings. The molecule has 2 heterocycles. The predicted molar refractivity (Wildman–Crippen MR) is 177 cm³/mol. The average molecular weight is 628 g/mol. The highest BCUT2D eigenvalue weighted by atomic mass is 32.2. The highest BCUT2D eigenvalue weighted by Crippen LogP contribution is 2.38. The molecule has 1 atom stereocenters. The number of amides is 3. The molecule has 3 amide bonds. The molecule has 0 spiro atoms. The van der Waals surface area contributed by atoms with Crippen molar-refractivity contribution in [2.45, 2.75) is 63.2 Å². The van der Waals surface area contributed by atoms with Gasteiger partial charge in [0.05, 0.1) is 23.1 Å². The van der Waals surface area contributed by atoms with Gasteiger partial charge in [0.15, 0.2) is 5.13 Å². The van der Waals surface area contributed by atoms with Crippen LogP contribution in [0.2, 0.25) is 0 Å². The van der Waals surface area contributed by atoms with Crippen LogP contribution in [0.4, 0.5) is 5.13 Å². The van der Waals surface area contributed by atoms with E-state index in [4.69, 9.17) is 4.74 Å². The fourth-order valence-corrected chi connectivity index (χ4v) is 6.43. The Hall–Kier alpha value is -3.41. The van der Waals surface area contributed by atoms with Gasteiger partial charge in [-0.15, -0.1) is 0 Å². The number of aryl methyl sites for hydroxylation is 1. The molecule has 1 fully saturated rings. The van der Waals surface area contributed by atoms with Crippen molar-refractivity contribution < 1.29 is 22.0 Å². The highest BCUT2D eigenvalue weighted by molar-refractivity contribution is 8.01. The largest absolute Gasteiger partial charge is 0.496 e. The Morgan fingerprint density at radius 2 is 1.74 bits per heavy atom. The lowest BCUT2D eigenvalue weighted by Gasteiger charge is -2.34. The molecule has 9 nitrogen and oxygen atoms in total. The van der Waals surface area contributed by atoms with E-state index in [1.54, 1.807) is 30.0 Å². The molecule has 1 aliphatic heterocycles. The van der Waals surface area contributed by atoms with Gasteiger partial charge in [-0.2, -0.15) is 0 Å². The van der Waals surface area contributed by atoms with Crippen LogP contribution < -0.4 is 15.4 Å². The molecule has 43 heavy (non-hydrogen) atoms. The molecule has 0 radical (unpaired) electrons. The molecule has 0 saturated carbocycles. The molecular weight excluding hydrogens is 583 g/mol. The summed E-state index contributed by atoms with van der Waals surface area (Å²) in [6.45, 7) is 15.0. The maximum Gasteiger partial charge on any atom is 0.257 e. The van der Waals surface area contributed by atoms with Crippen molar-refractivity contribution in [1.82, 2.24) is 20.1 Å². The minimum atomic E-state index is -0.216. The summed E-state index contributed by atoms with van der Waals surface area (Å²) in [4.78, 5) is 46.8. The zero-order valence-electron chi connectivity index (χ0n) is 25.9. The van der Waals surface area contributed by atoms with Crippen molar-refractivity contribution in [3.63, 3.8) is 0 Å². The molecule has 2 aromatic carbocycles. The number of nitrogens with one attached hydrogen (secondary N) is 2. The number of hydrogen-bond acceptors (Lipinski definition) is 8. The number of hydrogen-bond donors (Lipinski definition) is 2. The summed E-state index contributed by atoms with van der Waals surface area (Å²) in [5.74, 6) is 0.200. The van der Waals surface area contributed by atoms with Gasteiger partial charge < -0.3 is 19.9 Å². The lowest BCUT2D eigenvalue weighted by molar-refractivity contribution is -0.130. The van der Waals surface area contributed by atoms with E-state index in [1.807, 2.05) is 43.3 Å². The number of thiazole rings is 1. The quantitative estimate of drug-likeness (QED) is 0.292.